The minimum atomic E-state index is 0.557. The molecule has 1 unspecified atom stereocenters. The monoisotopic (exact) mass is 311 g/mol. The first kappa shape index (κ1) is 13.6. The van der Waals surface area contributed by atoms with Crippen LogP contribution in [0.4, 0.5) is 5.69 Å². The maximum Gasteiger partial charge on any atom is 0.0931 e. The highest BCUT2D eigenvalue weighted by atomic mass is 35.5. The lowest BCUT2D eigenvalue weighted by Gasteiger charge is -2.27. The lowest BCUT2D eigenvalue weighted by atomic mass is 10.0. The molecule has 4 rings (SSSR count). The Hall–Kier alpha value is -2.00. The number of H-pyrrole nitrogens is 1. The Labute approximate surface area is 134 Å². The zero-order chi connectivity index (χ0) is 14.9. The molecule has 1 atom stereocenters. The Morgan fingerprint density at radius 1 is 1.18 bits per heavy atom. The van der Waals surface area contributed by atoms with Crippen molar-refractivity contribution in [2.24, 2.45) is 0 Å². The van der Waals surface area contributed by atoms with E-state index in [1.54, 1.807) is 6.33 Å². The molecular formula is C18H18ClN3. The summed E-state index contributed by atoms with van der Waals surface area (Å²) in [7, 11) is 0. The van der Waals surface area contributed by atoms with Crippen LogP contribution in [-0.2, 0) is 6.42 Å². The van der Waals surface area contributed by atoms with Crippen molar-refractivity contribution in [2.45, 2.75) is 25.3 Å². The standard InChI is InChI=1S/C18H18ClN3/c19-14-5-3-13(4-6-14)10-15-2-1-9-22(15)16-7-8-17-18(11-16)21-12-20-17/h3-8,11-12,15H,1-2,9-10H2,(H,20,21). The van der Waals surface area contributed by atoms with Gasteiger partial charge in [-0.25, -0.2) is 4.98 Å². The normalized spacial score (nSPS) is 18.2. The van der Waals surface area contributed by atoms with E-state index < -0.39 is 0 Å². The van der Waals surface area contributed by atoms with Crippen molar-refractivity contribution in [2.75, 3.05) is 11.4 Å². The molecule has 0 amide bonds. The minimum Gasteiger partial charge on any atom is -0.368 e. The molecule has 1 saturated heterocycles. The zero-order valence-corrected chi connectivity index (χ0v) is 13.1. The molecule has 1 fully saturated rings. The Bertz CT molecular complexity index is 778. The fourth-order valence-corrected chi connectivity index (χ4v) is 3.51. The summed E-state index contributed by atoms with van der Waals surface area (Å²) in [6.45, 7) is 1.12. The second kappa shape index (κ2) is 5.65. The second-order valence-electron chi connectivity index (χ2n) is 5.92. The summed E-state index contributed by atoms with van der Waals surface area (Å²) in [6.07, 6.45) is 5.31. The van der Waals surface area contributed by atoms with E-state index in [1.807, 2.05) is 12.1 Å². The van der Waals surface area contributed by atoms with Crippen LogP contribution in [0.5, 0.6) is 0 Å². The predicted molar refractivity (Wildman–Crippen MR) is 91.6 cm³/mol. The van der Waals surface area contributed by atoms with Gasteiger partial charge < -0.3 is 9.88 Å². The van der Waals surface area contributed by atoms with E-state index in [2.05, 4.69) is 45.2 Å². The van der Waals surface area contributed by atoms with Crippen molar-refractivity contribution in [1.82, 2.24) is 9.97 Å². The van der Waals surface area contributed by atoms with Crippen LogP contribution in [-0.4, -0.2) is 22.6 Å². The van der Waals surface area contributed by atoms with Gasteiger partial charge in [-0.2, -0.15) is 0 Å². The number of rotatable bonds is 3. The summed E-state index contributed by atoms with van der Waals surface area (Å²) >= 11 is 5.98. The van der Waals surface area contributed by atoms with Gasteiger partial charge in [-0.3, -0.25) is 0 Å². The number of nitrogens with zero attached hydrogens (tertiary/aromatic N) is 2. The van der Waals surface area contributed by atoms with Gasteiger partial charge in [0.05, 0.1) is 17.4 Å². The van der Waals surface area contributed by atoms with E-state index in [-0.39, 0.29) is 0 Å². The van der Waals surface area contributed by atoms with Crippen LogP contribution in [0.2, 0.25) is 5.02 Å². The highest BCUT2D eigenvalue weighted by Gasteiger charge is 2.25. The van der Waals surface area contributed by atoms with E-state index in [0.29, 0.717) is 6.04 Å². The molecule has 0 saturated carbocycles. The van der Waals surface area contributed by atoms with Gasteiger partial charge in [-0.1, -0.05) is 23.7 Å². The molecule has 0 aliphatic carbocycles. The maximum absolute atomic E-state index is 5.98. The smallest absolute Gasteiger partial charge is 0.0931 e. The Morgan fingerprint density at radius 2 is 2.05 bits per heavy atom. The summed E-state index contributed by atoms with van der Waals surface area (Å²) in [6, 6.07) is 15.3. The Kier molecular flexibility index (Phi) is 3.51. The van der Waals surface area contributed by atoms with Crippen molar-refractivity contribution in [1.29, 1.82) is 0 Å². The molecule has 0 radical (unpaired) electrons. The molecule has 1 aliphatic heterocycles. The number of aromatic nitrogens is 2. The first-order valence-electron chi connectivity index (χ1n) is 7.74. The number of benzene rings is 2. The van der Waals surface area contributed by atoms with Crippen LogP contribution in [0, 0.1) is 0 Å². The first-order chi connectivity index (χ1) is 10.8. The molecule has 1 aromatic heterocycles. The quantitative estimate of drug-likeness (QED) is 0.776. The molecule has 3 nitrogen and oxygen atoms in total. The number of anilines is 1. The minimum absolute atomic E-state index is 0.557. The van der Waals surface area contributed by atoms with Crippen molar-refractivity contribution in [3.63, 3.8) is 0 Å². The fraction of sp³-hybridized carbons (Fsp3) is 0.278. The number of hydrogen-bond acceptors (Lipinski definition) is 2. The predicted octanol–water partition coefficient (Wildman–Crippen LogP) is 4.43. The number of aromatic amines is 1. The van der Waals surface area contributed by atoms with E-state index >= 15 is 0 Å². The lowest BCUT2D eigenvalue weighted by molar-refractivity contribution is 0.664. The van der Waals surface area contributed by atoms with Crippen LogP contribution < -0.4 is 4.90 Å². The van der Waals surface area contributed by atoms with Crippen molar-refractivity contribution < 1.29 is 0 Å². The van der Waals surface area contributed by atoms with Gasteiger partial charge in [0.1, 0.15) is 0 Å². The summed E-state index contributed by atoms with van der Waals surface area (Å²) < 4.78 is 0. The van der Waals surface area contributed by atoms with E-state index in [0.717, 1.165) is 29.0 Å². The zero-order valence-electron chi connectivity index (χ0n) is 12.3. The maximum atomic E-state index is 5.98. The van der Waals surface area contributed by atoms with Gasteiger partial charge in [0, 0.05) is 23.3 Å². The fourth-order valence-electron chi connectivity index (χ4n) is 3.38. The topological polar surface area (TPSA) is 31.9 Å². The number of nitrogens with one attached hydrogen (secondary N) is 1. The van der Waals surface area contributed by atoms with Gasteiger partial charge in [0.15, 0.2) is 0 Å². The summed E-state index contributed by atoms with van der Waals surface area (Å²) in [5, 5.41) is 0.803. The Morgan fingerprint density at radius 3 is 2.91 bits per heavy atom. The molecule has 1 aliphatic rings. The molecule has 0 bridgehead atoms. The summed E-state index contributed by atoms with van der Waals surface area (Å²) in [5.41, 5.74) is 4.77. The molecule has 22 heavy (non-hydrogen) atoms. The second-order valence-corrected chi connectivity index (χ2v) is 6.36. The highest BCUT2D eigenvalue weighted by Crippen LogP contribution is 2.29. The number of halogens is 1. The SMILES string of the molecule is Clc1ccc(CC2CCCN2c2ccc3nc[nH]c3c2)cc1. The van der Waals surface area contributed by atoms with Crippen LogP contribution in [0.1, 0.15) is 18.4 Å². The van der Waals surface area contributed by atoms with Crippen molar-refractivity contribution in [3.05, 3.63) is 59.4 Å². The third-order valence-corrected chi connectivity index (χ3v) is 4.75. The van der Waals surface area contributed by atoms with Gasteiger partial charge in [-0.15, -0.1) is 0 Å². The molecule has 112 valence electrons. The van der Waals surface area contributed by atoms with Crippen molar-refractivity contribution in [3.8, 4) is 0 Å². The number of fused-ring (bicyclic) bond motifs is 1. The average molecular weight is 312 g/mol. The largest absolute Gasteiger partial charge is 0.368 e. The molecule has 2 aromatic carbocycles. The van der Waals surface area contributed by atoms with Crippen LogP contribution in [0.15, 0.2) is 48.8 Å². The van der Waals surface area contributed by atoms with Gasteiger partial charge in [0.25, 0.3) is 0 Å². The van der Waals surface area contributed by atoms with Crippen LogP contribution in [0.25, 0.3) is 11.0 Å². The van der Waals surface area contributed by atoms with E-state index in [1.165, 1.54) is 24.1 Å². The number of hydrogen-bond donors (Lipinski definition) is 1. The molecule has 0 spiro atoms. The third kappa shape index (κ3) is 2.57. The Balaban J connectivity index is 1.58. The average Bonchev–Trinajstić information content (AvgIpc) is 3.17. The van der Waals surface area contributed by atoms with E-state index in [9.17, 15) is 0 Å². The van der Waals surface area contributed by atoms with Gasteiger partial charge >= 0.3 is 0 Å². The molecular weight excluding hydrogens is 294 g/mol. The lowest BCUT2D eigenvalue weighted by Crippen LogP contribution is -2.30. The summed E-state index contributed by atoms with van der Waals surface area (Å²) in [4.78, 5) is 10.0. The van der Waals surface area contributed by atoms with Crippen molar-refractivity contribution >= 4 is 28.3 Å². The van der Waals surface area contributed by atoms with Gasteiger partial charge in [-0.05, 0) is 55.2 Å². The molecule has 2 heterocycles. The van der Waals surface area contributed by atoms with Crippen LogP contribution in [0.3, 0.4) is 0 Å². The van der Waals surface area contributed by atoms with E-state index in [4.69, 9.17) is 11.6 Å². The summed E-state index contributed by atoms with van der Waals surface area (Å²) in [5.74, 6) is 0. The van der Waals surface area contributed by atoms with Crippen LogP contribution >= 0.6 is 11.6 Å². The number of imidazole rings is 1. The molecule has 4 heteroatoms. The molecule has 1 N–H and O–H groups in total. The first-order valence-corrected chi connectivity index (χ1v) is 8.11. The highest BCUT2D eigenvalue weighted by molar-refractivity contribution is 6.30. The van der Waals surface area contributed by atoms with Gasteiger partial charge in [0.2, 0.25) is 0 Å². The third-order valence-electron chi connectivity index (χ3n) is 4.50. The molecule has 3 aromatic rings.